The molecule has 0 radical (unpaired) electrons. The number of carbonyl (C=O) groups is 1. The molecule has 0 atom stereocenters. The summed E-state index contributed by atoms with van der Waals surface area (Å²) in [4.78, 5) is 16.4. The molecule has 3 aromatic rings. The van der Waals surface area contributed by atoms with Gasteiger partial charge in [0.2, 0.25) is 5.91 Å². The summed E-state index contributed by atoms with van der Waals surface area (Å²) in [5.74, 6) is -0.230. The molecule has 1 aromatic heterocycles. The number of nitrogens with zero attached hydrogens (tertiary/aromatic N) is 1. The Morgan fingerprint density at radius 2 is 2.00 bits per heavy atom. The van der Waals surface area contributed by atoms with Crippen LogP contribution < -0.4 is 5.32 Å². The van der Waals surface area contributed by atoms with Crippen LogP contribution in [0.3, 0.4) is 0 Å². The summed E-state index contributed by atoms with van der Waals surface area (Å²) in [5.41, 5.74) is 2.71. The summed E-state index contributed by atoms with van der Waals surface area (Å²) in [6, 6.07) is 15.2. The molecule has 1 N–H and O–H groups in total. The van der Waals surface area contributed by atoms with Crippen molar-refractivity contribution >= 4 is 56.0 Å². The molecule has 0 fully saturated rings. The van der Waals surface area contributed by atoms with Crippen LogP contribution in [0.5, 0.6) is 0 Å². The number of carbonyl (C=O) groups excluding carboxylic acids is 1. The maximum absolute atomic E-state index is 12.0. The highest BCUT2D eigenvalue weighted by molar-refractivity contribution is 9.10. The van der Waals surface area contributed by atoms with Crippen LogP contribution in [-0.2, 0) is 4.79 Å². The van der Waals surface area contributed by atoms with Gasteiger partial charge in [-0.1, -0.05) is 51.8 Å². The van der Waals surface area contributed by atoms with Crippen molar-refractivity contribution in [2.24, 2.45) is 0 Å². The quantitative estimate of drug-likeness (QED) is 0.537. The molecule has 0 saturated heterocycles. The highest BCUT2D eigenvalue weighted by Gasteiger charge is 2.06. The summed E-state index contributed by atoms with van der Waals surface area (Å²) in [7, 11) is 0. The van der Waals surface area contributed by atoms with E-state index in [0.29, 0.717) is 10.2 Å². The Kier molecular flexibility index (Phi) is 5.45. The molecular weight excluding hydrogens is 408 g/mol. The minimum Gasteiger partial charge on any atom is -0.298 e. The summed E-state index contributed by atoms with van der Waals surface area (Å²) in [6.07, 6.45) is 3.18. The molecule has 0 unspecified atom stereocenters. The van der Waals surface area contributed by atoms with Crippen LogP contribution >= 0.6 is 38.9 Å². The maximum atomic E-state index is 12.0. The van der Waals surface area contributed by atoms with E-state index in [1.165, 1.54) is 17.4 Å². The average Bonchev–Trinajstić information content (AvgIpc) is 3.02. The SMILES string of the molecule is O=C(/C=C/c1cccc(Cl)c1)Nc1nc(-c2ccc(Br)cc2)cs1. The highest BCUT2D eigenvalue weighted by atomic mass is 79.9. The minimum atomic E-state index is -0.230. The van der Waals surface area contributed by atoms with Crippen molar-refractivity contribution in [1.82, 2.24) is 4.98 Å². The zero-order valence-corrected chi connectivity index (χ0v) is 15.5. The molecule has 1 heterocycles. The molecule has 3 nitrogen and oxygen atoms in total. The number of aromatic nitrogens is 1. The number of hydrogen-bond donors (Lipinski definition) is 1. The van der Waals surface area contributed by atoms with Gasteiger partial charge in [-0.05, 0) is 35.9 Å². The molecule has 0 spiro atoms. The summed E-state index contributed by atoms with van der Waals surface area (Å²) in [6.45, 7) is 0. The van der Waals surface area contributed by atoms with Gasteiger partial charge in [0.1, 0.15) is 0 Å². The Morgan fingerprint density at radius 3 is 2.75 bits per heavy atom. The van der Waals surface area contributed by atoms with Crippen molar-refractivity contribution < 1.29 is 4.79 Å². The van der Waals surface area contributed by atoms with Gasteiger partial charge in [0, 0.05) is 26.5 Å². The van der Waals surface area contributed by atoms with Crippen LogP contribution in [0.4, 0.5) is 5.13 Å². The second-order valence-corrected chi connectivity index (χ2v) is 7.13. The molecule has 0 aliphatic heterocycles. The van der Waals surface area contributed by atoms with Gasteiger partial charge in [-0.15, -0.1) is 11.3 Å². The monoisotopic (exact) mass is 418 g/mol. The lowest BCUT2D eigenvalue weighted by Gasteiger charge is -1.98. The maximum Gasteiger partial charge on any atom is 0.250 e. The lowest BCUT2D eigenvalue weighted by molar-refractivity contribution is -0.111. The molecule has 120 valence electrons. The van der Waals surface area contributed by atoms with Crippen LogP contribution in [0.25, 0.3) is 17.3 Å². The number of halogens is 2. The van der Waals surface area contributed by atoms with E-state index >= 15 is 0 Å². The summed E-state index contributed by atoms with van der Waals surface area (Å²) in [5, 5.41) is 5.88. The Balaban J connectivity index is 1.66. The third-order valence-corrected chi connectivity index (χ3v) is 4.67. The molecule has 3 rings (SSSR count). The van der Waals surface area contributed by atoms with Crippen molar-refractivity contribution in [3.63, 3.8) is 0 Å². The van der Waals surface area contributed by atoms with Gasteiger partial charge in [0.15, 0.2) is 5.13 Å². The third-order valence-electron chi connectivity index (χ3n) is 3.15. The Labute approximate surface area is 157 Å². The van der Waals surface area contributed by atoms with Crippen LogP contribution in [0.1, 0.15) is 5.56 Å². The standard InChI is InChI=1S/C18H12BrClN2OS/c19-14-7-5-13(6-8-14)16-11-24-18(21-16)22-17(23)9-4-12-2-1-3-15(20)10-12/h1-11H,(H,21,22,23)/b9-4+. The number of rotatable bonds is 4. The lowest BCUT2D eigenvalue weighted by atomic mass is 10.2. The topological polar surface area (TPSA) is 42.0 Å². The van der Waals surface area contributed by atoms with E-state index in [1.807, 2.05) is 41.8 Å². The molecular formula is C18H12BrClN2OS. The van der Waals surface area contributed by atoms with Crippen molar-refractivity contribution in [3.05, 3.63) is 75.0 Å². The van der Waals surface area contributed by atoms with E-state index in [2.05, 4.69) is 26.2 Å². The summed E-state index contributed by atoms with van der Waals surface area (Å²) < 4.78 is 1.01. The second kappa shape index (κ2) is 7.75. The van der Waals surface area contributed by atoms with Gasteiger partial charge in [-0.2, -0.15) is 0 Å². The van der Waals surface area contributed by atoms with E-state index in [1.54, 1.807) is 18.2 Å². The number of amides is 1. The number of nitrogens with one attached hydrogen (secondary N) is 1. The predicted octanol–water partition coefficient (Wildman–Crippen LogP) is 5.88. The van der Waals surface area contributed by atoms with Crippen molar-refractivity contribution in [2.75, 3.05) is 5.32 Å². The van der Waals surface area contributed by atoms with Gasteiger partial charge >= 0.3 is 0 Å². The predicted molar refractivity (Wildman–Crippen MR) is 104 cm³/mol. The largest absolute Gasteiger partial charge is 0.298 e. The normalized spacial score (nSPS) is 10.9. The average molecular weight is 420 g/mol. The third kappa shape index (κ3) is 4.54. The molecule has 0 aliphatic rings. The van der Waals surface area contributed by atoms with E-state index in [4.69, 9.17) is 11.6 Å². The van der Waals surface area contributed by atoms with Gasteiger partial charge in [-0.25, -0.2) is 4.98 Å². The van der Waals surface area contributed by atoms with Crippen LogP contribution in [-0.4, -0.2) is 10.9 Å². The van der Waals surface area contributed by atoms with E-state index in [0.717, 1.165) is 21.3 Å². The van der Waals surface area contributed by atoms with E-state index in [-0.39, 0.29) is 5.91 Å². The molecule has 6 heteroatoms. The molecule has 0 aliphatic carbocycles. The fourth-order valence-corrected chi connectivity index (χ4v) is 3.20. The van der Waals surface area contributed by atoms with Crippen LogP contribution in [0.15, 0.2) is 64.5 Å². The first-order valence-electron chi connectivity index (χ1n) is 7.06. The first kappa shape index (κ1) is 16.9. The van der Waals surface area contributed by atoms with Gasteiger partial charge in [-0.3, -0.25) is 10.1 Å². The molecule has 0 saturated carbocycles. The van der Waals surface area contributed by atoms with Crippen LogP contribution in [0, 0.1) is 0 Å². The Morgan fingerprint density at radius 1 is 1.21 bits per heavy atom. The molecule has 1 amide bonds. The Hall–Kier alpha value is -1.95. The molecule has 0 bridgehead atoms. The number of benzene rings is 2. The van der Waals surface area contributed by atoms with Crippen molar-refractivity contribution in [1.29, 1.82) is 0 Å². The second-order valence-electron chi connectivity index (χ2n) is 4.92. The smallest absolute Gasteiger partial charge is 0.250 e. The fourth-order valence-electron chi connectivity index (χ4n) is 2.01. The lowest BCUT2D eigenvalue weighted by Crippen LogP contribution is -2.07. The van der Waals surface area contributed by atoms with Gasteiger partial charge in [0.05, 0.1) is 5.69 Å². The van der Waals surface area contributed by atoms with E-state index in [9.17, 15) is 4.79 Å². The minimum absolute atomic E-state index is 0.230. The zero-order chi connectivity index (χ0) is 16.9. The van der Waals surface area contributed by atoms with E-state index < -0.39 is 0 Å². The zero-order valence-electron chi connectivity index (χ0n) is 12.4. The highest BCUT2D eigenvalue weighted by Crippen LogP contribution is 2.26. The molecule has 24 heavy (non-hydrogen) atoms. The number of hydrogen-bond acceptors (Lipinski definition) is 3. The Bertz CT molecular complexity index is 890. The van der Waals surface area contributed by atoms with Crippen molar-refractivity contribution in [3.8, 4) is 11.3 Å². The first-order valence-corrected chi connectivity index (χ1v) is 9.11. The number of thiazole rings is 1. The summed E-state index contributed by atoms with van der Waals surface area (Å²) >= 11 is 10.7. The van der Waals surface area contributed by atoms with Gasteiger partial charge in [0.25, 0.3) is 0 Å². The van der Waals surface area contributed by atoms with Crippen molar-refractivity contribution in [2.45, 2.75) is 0 Å². The van der Waals surface area contributed by atoms with Crippen LogP contribution in [0.2, 0.25) is 5.02 Å². The molecule has 2 aromatic carbocycles. The fraction of sp³-hybridized carbons (Fsp3) is 0. The van der Waals surface area contributed by atoms with Gasteiger partial charge < -0.3 is 0 Å². The first-order chi connectivity index (χ1) is 11.6. The number of anilines is 1.